The number of hydrogen-bond acceptors (Lipinski definition) is 3. The first kappa shape index (κ1) is 13.4. The maximum Gasteiger partial charge on any atom is 0.127 e. The second kappa shape index (κ2) is 6.21. The van der Waals surface area contributed by atoms with Gasteiger partial charge in [-0.3, -0.25) is 0 Å². The lowest BCUT2D eigenvalue weighted by Gasteiger charge is -2.19. The van der Waals surface area contributed by atoms with Gasteiger partial charge in [0.25, 0.3) is 0 Å². The Morgan fingerprint density at radius 2 is 2.17 bits per heavy atom. The number of benzene rings is 1. The maximum absolute atomic E-state index is 6.00. The predicted molar refractivity (Wildman–Crippen MR) is 73.0 cm³/mol. The lowest BCUT2D eigenvalue weighted by molar-refractivity contribution is 0.0908. The highest BCUT2D eigenvalue weighted by Crippen LogP contribution is 2.26. The first-order valence-corrected chi connectivity index (χ1v) is 6.68. The Bertz CT molecular complexity index is 388. The summed E-state index contributed by atoms with van der Waals surface area (Å²) in [6.07, 6.45) is 2.69. The van der Waals surface area contributed by atoms with Crippen LogP contribution in [0, 0.1) is 6.92 Å². The Balaban J connectivity index is 2.04. The van der Waals surface area contributed by atoms with Crippen molar-refractivity contribution in [2.24, 2.45) is 0 Å². The number of methoxy groups -OCH3 is 1. The Labute approximate surface area is 109 Å². The van der Waals surface area contributed by atoms with Crippen molar-refractivity contribution in [3.8, 4) is 5.75 Å². The average molecular weight is 249 g/mol. The number of aryl methyl sites for hydroxylation is 1. The van der Waals surface area contributed by atoms with Crippen LogP contribution < -0.4 is 10.1 Å². The molecule has 3 nitrogen and oxygen atoms in total. The Kier molecular flexibility index (Phi) is 4.61. The van der Waals surface area contributed by atoms with Gasteiger partial charge in [0.2, 0.25) is 0 Å². The van der Waals surface area contributed by atoms with Crippen LogP contribution in [0.25, 0.3) is 0 Å². The van der Waals surface area contributed by atoms with Crippen molar-refractivity contribution in [3.63, 3.8) is 0 Å². The standard InChI is InChI=1S/C15H23NO2/c1-11-5-4-6-13(9-16-14-7-8-14)15(11)18-12(2)10-17-3/h4-6,12,14,16H,7-10H2,1-3H3. The van der Waals surface area contributed by atoms with Gasteiger partial charge in [0, 0.05) is 25.3 Å². The monoisotopic (exact) mass is 249 g/mol. The fraction of sp³-hybridized carbons (Fsp3) is 0.600. The molecule has 2 rings (SSSR count). The molecule has 1 N–H and O–H groups in total. The van der Waals surface area contributed by atoms with Gasteiger partial charge in [-0.05, 0) is 32.3 Å². The number of hydrogen-bond donors (Lipinski definition) is 1. The van der Waals surface area contributed by atoms with Gasteiger partial charge >= 0.3 is 0 Å². The zero-order valence-corrected chi connectivity index (χ0v) is 11.5. The molecule has 3 heteroatoms. The molecule has 1 aliphatic rings. The van der Waals surface area contributed by atoms with Crippen LogP contribution in [0.3, 0.4) is 0 Å². The summed E-state index contributed by atoms with van der Waals surface area (Å²) in [6.45, 7) is 5.63. The third-order valence-corrected chi connectivity index (χ3v) is 3.17. The predicted octanol–water partition coefficient (Wildman–Crippen LogP) is 2.66. The molecule has 1 aliphatic carbocycles. The van der Waals surface area contributed by atoms with Crippen LogP contribution in [0.15, 0.2) is 18.2 Å². The van der Waals surface area contributed by atoms with Gasteiger partial charge in [0.05, 0.1) is 6.61 Å². The minimum atomic E-state index is 0.0794. The van der Waals surface area contributed by atoms with E-state index in [-0.39, 0.29) is 6.10 Å². The molecule has 0 aromatic heterocycles. The summed E-state index contributed by atoms with van der Waals surface area (Å²) in [6, 6.07) is 7.04. The van der Waals surface area contributed by atoms with Crippen LogP contribution in [0.2, 0.25) is 0 Å². The average Bonchev–Trinajstić information content (AvgIpc) is 3.14. The summed E-state index contributed by atoms with van der Waals surface area (Å²) < 4.78 is 11.1. The first-order chi connectivity index (χ1) is 8.70. The largest absolute Gasteiger partial charge is 0.488 e. The molecular formula is C15H23NO2. The molecule has 0 bridgehead atoms. The van der Waals surface area contributed by atoms with Gasteiger partial charge in [0.1, 0.15) is 11.9 Å². The summed E-state index contributed by atoms with van der Waals surface area (Å²) in [4.78, 5) is 0. The molecule has 0 radical (unpaired) electrons. The second-order valence-electron chi connectivity index (χ2n) is 5.10. The molecule has 0 aliphatic heterocycles. The molecule has 0 amide bonds. The molecule has 1 saturated carbocycles. The second-order valence-corrected chi connectivity index (χ2v) is 5.10. The van der Waals surface area contributed by atoms with Crippen molar-refractivity contribution in [2.75, 3.05) is 13.7 Å². The minimum absolute atomic E-state index is 0.0794. The molecular weight excluding hydrogens is 226 g/mol. The van der Waals surface area contributed by atoms with E-state index >= 15 is 0 Å². The summed E-state index contributed by atoms with van der Waals surface area (Å²) >= 11 is 0. The van der Waals surface area contributed by atoms with Crippen LogP contribution in [-0.4, -0.2) is 25.9 Å². The van der Waals surface area contributed by atoms with E-state index in [0.717, 1.165) is 18.3 Å². The summed E-state index contributed by atoms with van der Waals surface area (Å²) in [5.74, 6) is 1.01. The molecule has 1 fully saturated rings. The number of ether oxygens (including phenoxy) is 2. The number of para-hydroxylation sites is 1. The number of rotatable bonds is 7. The first-order valence-electron chi connectivity index (χ1n) is 6.68. The van der Waals surface area contributed by atoms with Gasteiger partial charge in [0.15, 0.2) is 0 Å². The molecule has 1 unspecified atom stereocenters. The molecule has 0 heterocycles. The van der Waals surface area contributed by atoms with E-state index < -0.39 is 0 Å². The van der Waals surface area contributed by atoms with Crippen molar-refractivity contribution in [1.82, 2.24) is 5.32 Å². The van der Waals surface area contributed by atoms with Gasteiger partial charge in [-0.25, -0.2) is 0 Å². The van der Waals surface area contributed by atoms with E-state index in [1.54, 1.807) is 7.11 Å². The van der Waals surface area contributed by atoms with Crippen LogP contribution >= 0.6 is 0 Å². The van der Waals surface area contributed by atoms with Gasteiger partial charge < -0.3 is 14.8 Å². The van der Waals surface area contributed by atoms with Gasteiger partial charge in [-0.1, -0.05) is 18.2 Å². The van der Waals surface area contributed by atoms with E-state index in [1.807, 2.05) is 6.92 Å². The molecule has 1 atom stereocenters. The topological polar surface area (TPSA) is 30.5 Å². The highest BCUT2D eigenvalue weighted by Gasteiger charge is 2.21. The summed E-state index contributed by atoms with van der Waals surface area (Å²) in [5.41, 5.74) is 2.43. The van der Waals surface area contributed by atoms with E-state index in [9.17, 15) is 0 Å². The molecule has 1 aromatic rings. The van der Waals surface area contributed by atoms with Crippen molar-refractivity contribution in [2.45, 2.75) is 45.4 Å². The fourth-order valence-electron chi connectivity index (χ4n) is 2.03. The van der Waals surface area contributed by atoms with Crippen LogP contribution in [-0.2, 0) is 11.3 Å². The summed E-state index contributed by atoms with van der Waals surface area (Å²) in [5, 5.41) is 3.53. The van der Waals surface area contributed by atoms with Crippen molar-refractivity contribution in [3.05, 3.63) is 29.3 Å². The highest BCUT2D eigenvalue weighted by molar-refractivity contribution is 5.41. The van der Waals surface area contributed by atoms with Gasteiger partial charge in [-0.15, -0.1) is 0 Å². The van der Waals surface area contributed by atoms with Crippen LogP contribution in [0.4, 0.5) is 0 Å². The third kappa shape index (κ3) is 3.72. The summed E-state index contributed by atoms with van der Waals surface area (Å²) in [7, 11) is 1.70. The zero-order chi connectivity index (χ0) is 13.0. The number of nitrogens with one attached hydrogen (secondary N) is 1. The molecule has 100 valence electrons. The lowest BCUT2D eigenvalue weighted by Crippen LogP contribution is -2.21. The Morgan fingerprint density at radius 3 is 2.83 bits per heavy atom. The molecule has 0 spiro atoms. The Hall–Kier alpha value is -1.06. The van der Waals surface area contributed by atoms with E-state index in [4.69, 9.17) is 9.47 Å². The molecule has 18 heavy (non-hydrogen) atoms. The van der Waals surface area contributed by atoms with Crippen LogP contribution in [0.1, 0.15) is 30.9 Å². The normalized spacial score (nSPS) is 16.6. The minimum Gasteiger partial charge on any atom is -0.488 e. The smallest absolute Gasteiger partial charge is 0.127 e. The van der Waals surface area contributed by atoms with Crippen molar-refractivity contribution < 1.29 is 9.47 Å². The SMILES string of the molecule is COCC(C)Oc1c(C)cccc1CNC1CC1. The lowest BCUT2D eigenvalue weighted by atomic mass is 10.1. The van der Waals surface area contributed by atoms with E-state index in [2.05, 4.69) is 30.4 Å². The van der Waals surface area contributed by atoms with Gasteiger partial charge in [-0.2, -0.15) is 0 Å². The molecule has 1 aromatic carbocycles. The van der Waals surface area contributed by atoms with Crippen molar-refractivity contribution in [1.29, 1.82) is 0 Å². The quantitative estimate of drug-likeness (QED) is 0.806. The zero-order valence-electron chi connectivity index (χ0n) is 11.5. The van der Waals surface area contributed by atoms with Crippen molar-refractivity contribution >= 4 is 0 Å². The van der Waals surface area contributed by atoms with E-state index in [1.165, 1.54) is 24.0 Å². The Morgan fingerprint density at radius 1 is 1.39 bits per heavy atom. The fourth-order valence-corrected chi connectivity index (χ4v) is 2.03. The third-order valence-electron chi connectivity index (χ3n) is 3.17. The van der Waals surface area contributed by atoms with E-state index in [0.29, 0.717) is 6.61 Å². The molecule has 0 saturated heterocycles. The van der Waals surface area contributed by atoms with Crippen LogP contribution in [0.5, 0.6) is 5.75 Å². The maximum atomic E-state index is 6.00. The highest BCUT2D eigenvalue weighted by atomic mass is 16.5.